The molecule has 226 valence electrons. The summed E-state index contributed by atoms with van der Waals surface area (Å²) >= 11 is 0. The molecular weight excluding hydrogens is 528 g/mol. The second-order valence-electron chi connectivity index (χ2n) is 13.3. The van der Waals surface area contributed by atoms with Crippen molar-refractivity contribution in [2.75, 3.05) is 18.6 Å². The number of methoxy groups -OCH3 is 1. The first-order chi connectivity index (χ1) is 20.0. The summed E-state index contributed by atoms with van der Waals surface area (Å²) in [6, 6.07) is 8.64. The summed E-state index contributed by atoms with van der Waals surface area (Å²) in [5.41, 5.74) is 5.71. The first-order valence-corrected chi connectivity index (χ1v) is 15.3. The molecule has 1 aromatic heterocycles. The van der Waals surface area contributed by atoms with Crippen LogP contribution in [-0.4, -0.2) is 58.3 Å². The van der Waals surface area contributed by atoms with E-state index in [4.69, 9.17) is 4.74 Å². The molecule has 0 saturated heterocycles. The predicted octanol–water partition coefficient (Wildman–Crippen LogP) is 6.29. The fourth-order valence-corrected chi connectivity index (χ4v) is 7.64. The van der Waals surface area contributed by atoms with E-state index in [1.165, 1.54) is 0 Å². The van der Waals surface area contributed by atoms with Crippen molar-refractivity contribution in [2.45, 2.75) is 104 Å². The molecule has 2 amide bonds. The smallest absolute Gasteiger partial charge is 0.407 e. The van der Waals surface area contributed by atoms with E-state index in [-0.39, 0.29) is 17.4 Å². The van der Waals surface area contributed by atoms with Gasteiger partial charge in [-0.15, -0.1) is 0 Å². The van der Waals surface area contributed by atoms with Gasteiger partial charge in [0.05, 0.1) is 7.11 Å². The van der Waals surface area contributed by atoms with Crippen molar-refractivity contribution < 1.29 is 19.4 Å². The number of carboxylic acid groups (broad SMARTS) is 1. The normalized spacial score (nSPS) is 24.5. The summed E-state index contributed by atoms with van der Waals surface area (Å²) < 4.78 is 5.59. The molecule has 0 bridgehead atoms. The number of fused-ring (bicyclic) bond motifs is 2. The molecule has 2 N–H and O–H groups in total. The van der Waals surface area contributed by atoms with Crippen molar-refractivity contribution in [1.29, 1.82) is 0 Å². The maximum absolute atomic E-state index is 13.6. The fourth-order valence-electron chi connectivity index (χ4n) is 7.64. The van der Waals surface area contributed by atoms with E-state index in [9.17, 15) is 14.7 Å². The number of aryl methyl sites for hydroxylation is 2. The zero-order chi connectivity index (χ0) is 30.2. The van der Waals surface area contributed by atoms with Crippen LogP contribution in [-0.2, 0) is 19.4 Å². The second-order valence-corrected chi connectivity index (χ2v) is 13.3. The number of aromatic nitrogens is 1. The van der Waals surface area contributed by atoms with Gasteiger partial charge in [-0.05, 0) is 114 Å². The van der Waals surface area contributed by atoms with E-state index in [0.717, 1.165) is 73.1 Å². The number of ether oxygens (including phenoxy) is 1. The Hall–Kier alpha value is -3.55. The number of nitrogens with zero attached hydrogens (tertiary/aromatic N) is 3. The molecule has 1 aliphatic heterocycles. The van der Waals surface area contributed by atoms with E-state index in [0.29, 0.717) is 30.5 Å². The number of hydrogen-bond donors (Lipinski definition) is 2. The molecule has 2 aliphatic carbocycles. The Morgan fingerprint density at radius 1 is 1.14 bits per heavy atom. The molecule has 42 heavy (non-hydrogen) atoms. The Labute approximate surface area is 250 Å². The largest absolute Gasteiger partial charge is 0.481 e. The third-order valence-corrected chi connectivity index (χ3v) is 9.45. The van der Waals surface area contributed by atoms with E-state index < -0.39 is 11.6 Å². The van der Waals surface area contributed by atoms with Gasteiger partial charge in [0.1, 0.15) is 0 Å². The lowest BCUT2D eigenvalue weighted by Crippen LogP contribution is -2.64. The van der Waals surface area contributed by atoms with E-state index >= 15 is 0 Å². The lowest BCUT2D eigenvalue weighted by molar-refractivity contribution is -0.0800. The lowest BCUT2D eigenvalue weighted by Gasteiger charge is -2.63. The van der Waals surface area contributed by atoms with Crippen LogP contribution in [0.1, 0.15) is 92.5 Å². The molecule has 0 unspecified atom stereocenters. The van der Waals surface area contributed by atoms with Gasteiger partial charge in [0, 0.05) is 53.2 Å². The van der Waals surface area contributed by atoms with Crippen LogP contribution in [0.5, 0.6) is 5.88 Å². The molecule has 1 spiro atoms. The molecule has 2 aromatic rings. The Balaban J connectivity index is 1.35. The van der Waals surface area contributed by atoms with Crippen LogP contribution in [0.2, 0.25) is 0 Å². The van der Waals surface area contributed by atoms with Crippen LogP contribution in [0.3, 0.4) is 0 Å². The van der Waals surface area contributed by atoms with E-state index in [1.807, 2.05) is 39.8 Å². The van der Waals surface area contributed by atoms with Crippen LogP contribution >= 0.6 is 0 Å². The number of nitrogens with one attached hydrogen (secondary N) is 1. The summed E-state index contributed by atoms with van der Waals surface area (Å²) in [5.74, 6) is 0.483. The lowest BCUT2D eigenvalue weighted by atomic mass is 9.51. The Morgan fingerprint density at radius 3 is 2.50 bits per heavy atom. The quantitative estimate of drug-likeness (QED) is 0.408. The number of amides is 2. The number of pyridine rings is 1. The van der Waals surface area contributed by atoms with E-state index in [1.54, 1.807) is 12.0 Å². The Bertz CT molecular complexity index is 1360. The molecule has 2 saturated carbocycles. The minimum Gasteiger partial charge on any atom is -0.481 e. The van der Waals surface area contributed by atoms with Gasteiger partial charge in [-0.1, -0.05) is 18.2 Å². The van der Waals surface area contributed by atoms with Crippen LogP contribution < -0.4 is 15.0 Å². The first kappa shape index (κ1) is 29.9. The van der Waals surface area contributed by atoms with Gasteiger partial charge in [-0.25, -0.2) is 9.78 Å². The average molecular weight is 575 g/mol. The first-order valence-electron chi connectivity index (χ1n) is 15.3. The topological polar surface area (TPSA) is 95.0 Å². The zero-order valence-electron chi connectivity index (χ0n) is 26.0. The monoisotopic (exact) mass is 574 g/mol. The van der Waals surface area contributed by atoms with Gasteiger partial charge in [-0.2, -0.15) is 0 Å². The summed E-state index contributed by atoms with van der Waals surface area (Å²) in [5, 5.41) is 13.0. The molecular formula is C34H46N4O4. The van der Waals surface area contributed by atoms with Crippen molar-refractivity contribution in [1.82, 2.24) is 15.2 Å². The number of hydrogen-bond acceptors (Lipinski definition) is 5. The molecule has 0 radical (unpaired) electrons. The van der Waals surface area contributed by atoms with Crippen molar-refractivity contribution in [3.05, 3.63) is 64.4 Å². The fraction of sp³-hybridized carbons (Fsp3) is 0.559. The molecule has 8 heteroatoms. The zero-order valence-corrected chi connectivity index (χ0v) is 26.0. The summed E-state index contributed by atoms with van der Waals surface area (Å²) in [6.07, 6.45) is 10.0. The number of anilines is 1. The summed E-state index contributed by atoms with van der Waals surface area (Å²) in [7, 11) is 1.63. The Kier molecular flexibility index (Phi) is 8.28. The molecule has 5 rings (SSSR count). The van der Waals surface area contributed by atoms with Gasteiger partial charge in [0.25, 0.3) is 5.91 Å². The van der Waals surface area contributed by atoms with E-state index in [2.05, 4.69) is 46.4 Å². The molecule has 3 aliphatic rings. The van der Waals surface area contributed by atoms with Crippen LogP contribution in [0, 0.1) is 12.3 Å². The molecule has 8 nitrogen and oxygen atoms in total. The number of carbonyl (C=O) groups excluding carboxylic acids is 1. The highest BCUT2D eigenvalue weighted by atomic mass is 16.5. The minimum absolute atomic E-state index is 0.0895. The molecule has 1 aromatic carbocycles. The van der Waals surface area contributed by atoms with Crippen molar-refractivity contribution in [3.8, 4) is 5.88 Å². The highest BCUT2D eigenvalue weighted by molar-refractivity contribution is 5.97. The molecule has 0 atom stereocenters. The minimum atomic E-state index is -0.825. The van der Waals surface area contributed by atoms with Crippen molar-refractivity contribution in [2.24, 2.45) is 5.41 Å². The van der Waals surface area contributed by atoms with Gasteiger partial charge >= 0.3 is 6.09 Å². The number of carbonyl (C=O) groups is 2. The highest BCUT2D eigenvalue weighted by Crippen LogP contribution is 2.59. The van der Waals surface area contributed by atoms with Gasteiger partial charge in [0.2, 0.25) is 5.88 Å². The molecule has 2 heterocycles. The second kappa shape index (κ2) is 11.6. The maximum Gasteiger partial charge on any atom is 0.407 e. The average Bonchev–Trinajstić information content (AvgIpc) is 2.88. The highest BCUT2D eigenvalue weighted by Gasteiger charge is 2.57. The number of benzene rings is 1. The van der Waals surface area contributed by atoms with Crippen LogP contribution in [0.25, 0.3) is 0 Å². The summed E-state index contributed by atoms with van der Waals surface area (Å²) in [4.78, 5) is 34.3. The Morgan fingerprint density at radius 2 is 1.86 bits per heavy atom. The van der Waals surface area contributed by atoms with Gasteiger partial charge in [0.15, 0.2) is 0 Å². The maximum atomic E-state index is 13.6. The van der Waals surface area contributed by atoms with Crippen molar-refractivity contribution in [3.63, 3.8) is 0 Å². The van der Waals surface area contributed by atoms with Crippen LogP contribution in [0.15, 0.2) is 36.4 Å². The predicted molar refractivity (Wildman–Crippen MR) is 165 cm³/mol. The number of allylic oxidation sites excluding steroid dienone is 2. The molecule has 2 fully saturated rings. The number of rotatable bonds is 5. The van der Waals surface area contributed by atoms with Gasteiger partial charge < -0.3 is 25.0 Å². The SMILES string of the molecule is CCN(c1cccc2c1C/C=C\CCc1cc(C)nc(OC)c1CNC2=O)C1CC2(C1)CC(N(C(=O)O)C(C)(C)C)C2. The summed E-state index contributed by atoms with van der Waals surface area (Å²) in [6.45, 7) is 11.3. The van der Waals surface area contributed by atoms with Gasteiger partial charge in [-0.3, -0.25) is 4.79 Å². The van der Waals surface area contributed by atoms with Crippen LogP contribution in [0.4, 0.5) is 10.5 Å². The third-order valence-electron chi connectivity index (χ3n) is 9.45. The third kappa shape index (κ3) is 5.72. The standard InChI is InChI=1S/C34H46N4O4/c1-7-37(24-17-34(18-24)19-25(20-34)38(32(40)41)33(3,4)5)29-15-11-14-27-26(29)13-10-8-9-12-23-16-22(2)36-31(42-6)28(23)21-35-30(27)39/h8,10-11,14-16,24-25H,7,9,12-13,17-21H2,1-6H3,(H,35,39)(H,40,41)/b10-8-. The van der Waals surface area contributed by atoms with Crippen molar-refractivity contribution >= 4 is 17.7 Å².